The van der Waals surface area contributed by atoms with Crippen LogP contribution in [0.3, 0.4) is 0 Å². The van der Waals surface area contributed by atoms with E-state index in [4.69, 9.17) is 0 Å². The van der Waals surface area contributed by atoms with Gasteiger partial charge < -0.3 is 0 Å². The number of benzene rings is 2. The van der Waals surface area contributed by atoms with E-state index >= 15 is 0 Å². The topological polar surface area (TPSA) is 0 Å². The van der Waals surface area contributed by atoms with Crippen molar-refractivity contribution in [2.45, 2.75) is 5.54 Å². The Kier molecular flexibility index (Phi) is 4.60. The van der Waals surface area contributed by atoms with Crippen LogP contribution in [-0.2, 0) is 0 Å². The average Bonchev–Trinajstić information content (AvgIpc) is 2.30. The predicted molar refractivity (Wildman–Crippen MR) is 71.9 cm³/mol. The molecule has 15 heavy (non-hydrogen) atoms. The molecule has 0 N–H and O–H groups in total. The van der Waals surface area contributed by atoms with E-state index in [1.807, 2.05) is 0 Å². The number of hydrogen-bond acceptors (Lipinski definition) is 0. The Morgan fingerprint density at radius 1 is 0.667 bits per heavy atom. The summed E-state index contributed by atoms with van der Waals surface area (Å²) >= 11 is 0. The van der Waals surface area contributed by atoms with Gasteiger partial charge in [-0.15, -0.1) is 12.4 Å². The highest BCUT2D eigenvalue weighted by molar-refractivity contribution is 6.14. The van der Waals surface area contributed by atoms with Gasteiger partial charge in [-0.3, -0.25) is 0 Å². The van der Waals surface area contributed by atoms with Crippen LogP contribution in [0.4, 0.5) is 0 Å². The number of halogens is 1. The van der Waals surface area contributed by atoms with E-state index in [1.54, 1.807) is 0 Å². The molecular formula is C13H15ClSi. The summed E-state index contributed by atoms with van der Waals surface area (Å²) in [5, 5.41) is 0. The van der Waals surface area contributed by atoms with Gasteiger partial charge >= 0.3 is 0 Å². The highest BCUT2D eigenvalue weighted by Crippen LogP contribution is 2.20. The highest BCUT2D eigenvalue weighted by atomic mass is 35.5. The molecule has 78 valence electrons. The zero-order chi connectivity index (χ0) is 9.80. The Morgan fingerprint density at radius 2 is 1.00 bits per heavy atom. The zero-order valence-electron chi connectivity index (χ0n) is 8.76. The Labute approximate surface area is 100 Å². The molecular weight excluding hydrogens is 220 g/mol. The standard InChI is InChI=1S/C13H14Si.ClH/c14-13(11-7-3-1-4-8-11)12-9-5-2-6-10-12;/h1-10,13H,14H3;1H. The summed E-state index contributed by atoms with van der Waals surface area (Å²) in [7, 11) is 1.16. The largest absolute Gasteiger partial charge is 0.147 e. The first-order valence-electron chi connectivity index (χ1n) is 4.98. The van der Waals surface area contributed by atoms with Crippen LogP contribution in [0.1, 0.15) is 16.7 Å². The SMILES string of the molecule is Cl.[SiH3]C(c1ccccc1)c1ccccc1. The lowest BCUT2D eigenvalue weighted by atomic mass is 10.0. The summed E-state index contributed by atoms with van der Waals surface area (Å²) in [4.78, 5) is 0. The van der Waals surface area contributed by atoms with E-state index in [0.717, 1.165) is 10.2 Å². The molecule has 0 atom stereocenters. The Morgan fingerprint density at radius 3 is 1.33 bits per heavy atom. The van der Waals surface area contributed by atoms with E-state index in [9.17, 15) is 0 Å². The first kappa shape index (κ1) is 12.0. The highest BCUT2D eigenvalue weighted by Gasteiger charge is 2.05. The van der Waals surface area contributed by atoms with Crippen LogP contribution in [0, 0.1) is 0 Å². The molecule has 0 aliphatic rings. The fourth-order valence-corrected chi connectivity index (χ4v) is 2.45. The minimum Gasteiger partial charge on any atom is -0.147 e. The lowest BCUT2D eigenvalue weighted by molar-refractivity contribution is 1.14. The van der Waals surface area contributed by atoms with E-state index < -0.39 is 0 Å². The molecule has 2 heteroatoms. The smallest absolute Gasteiger partial charge is 0.0178 e. The van der Waals surface area contributed by atoms with E-state index in [-0.39, 0.29) is 12.4 Å². The van der Waals surface area contributed by atoms with Crippen molar-refractivity contribution in [2.75, 3.05) is 0 Å². The van der Waals surface area contributed by atoms with E-state index in [1.165, 1.54) is 11.1 Å². The van der Waals surface area contributed by atoms with E-state index in [2.05, 4.69) is 60.7 Å². The predicted octanol–water partition coefficient (Wildman–Crippen LogP) is 2.56. The van der Waals surface area contributed by atoms with Gasteiger partial charge in [0.15, 0.2) is 0 Å². The molecule has 0 saturated carbocycles. The maximum atomic E-state index is 2.21. The summed E-state index contributed by atoms with van der Waals surface area (Å²) in [6.45, 7) is 0. The molecule has 2 rings (SSSR count). The van der Waals surface area contributed by atoms with Crippen molar-refractivity contribution in [3.8, 4) is 0 Å². The Hall–Kier alpha value is -1.05. The van der Waals surface area contributed by atoms with Crippen LogP contribution < -0.4 is 0 Å². The van der Waals surface area contributed by atoms with Crippen LogP contribution in [0.15, 0.2) is 60.7 Å². The molecule has 0 fully saturated rings. The van der Waals surface area contributed by atoms with Gasteiger partial charge in [-0.05, 0) is 16.7 Å². The normalized spacial score (nSPS) is 9.93. The zero-order valence-corrected chi connectivity index (χ0v) is 11.6. The fourth-order valence-electron chi connectivity index (χ4n) is 1.68. The van der Waals surface area contributed by atoms with Crippen LogP contribution in [0.25, 0.3) is 0 Å². The van der Waals surface area contributed by atoms with Crippen molar-refractivity contribution in [3.63, 3.8) is 0 Å². The molecule has 0 saturated heterocycles. The molecule has 0 unspecified atom stereocenters. The van der Waals surface area contributed by atoms with Gasteiger partial charge in [-0.1, -0.05) is 60.7 Å². The van der Waals surface area contributed by atoms with Gasteiger partial charge in [0, 0.05) is 10.2 Å². The van der Waals surface area contributed by atoms with Gasteiger partial charge in [-0.2, -0.15) is 0 Å². The average molecular weight is 235 g/mol. The monoisotopic (exact) mass is 234 g/mol. The molecule has 0 amide bonds. The molecule has 2 aromatic carbocycles. The molecule has 0 aliphatic carbocycles. The third kappa shape index (κ3) is 2.95. The van der Waals surface area contributed by atoms with E-state index in [0.29, 0.717) is 5.54 Å². The summed E-state index contributed by atoms with van der Waals surface area (Å²) < 4.78 is 0. The fraction of sp³-hybridized carbons (Fsp3) is 0.0769. The van der Waals surface area contributed by atoms with Crippen LogP contribution in [-0.4, -0.2) is 10.2 Å². The van der Waals surface area contributed by atoms with Crippen molar-refractivity contribution in [1.82, 2.24) is 0 Å². The summed E-state index contributed by atoms with van der Waals surface area (Å²) in [6.07, 6.45) is 0. The Bertz CT molecular complexity index is 346. The third-order valence-electron chi connectivity index (χ3n) is 2.60. The number of rotatable bonds is 2. The van der Waals surface area contributed by atoms with Gasteiger partial charge in [0.1, 0.15) is 0 Å². The molecule has 0 aromatic heterocycles. The van der Waals surface area contributed by atoms with Crippen molar-refractivity contribution < 1.29 is 0 Å². The quantitative estimate of drug-likeness (QED) is 0.701. The second-order valence-electron chi connectivity index (χ2n) is 3.54. The molecule has 2 aromatic rings. The summed E-state index contributed by atoms with van der Waals surface area (Å²) in [5.41, 5.74) is 3.49. The maximum absolute atomic E-state index is 2.21. The first-order valence-corrected chi connectivity index (χ1v) is 6.13. The second-order valence-corrected chi connectivity index (χ2v) is 4.70. The van der Waals surface area contributed by atoms with Gasteiger partial charge in [0.25, 0.3) is 0 Å². The molecule has 0 radical (unpaired) electrons. The molecule has 0 aliphatic heterocycles. The second kappa shape index (κ2) is 5.74. The van der Waals surface area contributed by atoms with Crippen molar-refractivity contribution >= 4 is 22.6 Å². The summed E-state index contributed by atoms with van der Waals surface area (Å²) in [6, 6.07) is 21.5. The van der Waals surface area contributed by atoms with Gasteiger partial charge in [-0.25, -0.2) is 0 Å². The van der Waals surface area contributed by atoms with Gasteiger partial charge in [0.05, 0.1) is 0 Å². The van der Waals surface area contributed by atoms with Crippen LogP contribution in [0.5, 0.6) is 0 Å². The molecule has 0 bridgehead atoms. The van der Waals surface area contributed by atoms with Crippen molar-refractivity contribution in [3.05, 3.63) is 71.8 Å². The van der Waals surface area contributed by atoms with Crippen molar-refractivity contribution in [2.24, 2.45) is 0 Å². The molecule has 0 heterocycles. The number of hydrogen-bond donors (Lipinski definition) is 0. The molecule has 0 nitrogen and oxygen atoms in total. The van der Waals surface area contributed by atoms with Crippen LogP contribution in [0.2, 0.25) is 0 Å². The summed E-state index contributed by atoms with van der Waals surface area (Å²) in [5.74, 6) is 0. The lowest BCUT2D eigenvalue weighted by Gasteiger charge is -2.11. The maximum Gasteiger partial charge on any atom is 0.0178 e. The van der Waals surface area contributed by atoms with Gasteiger partial charge in [0.2, 0.25) is 0 Å². The van der Waals surface area contributed by atoms with Crippen LogP contribution >= 0.6 is 12.4 Å². The van der Waals surface area contributed by atoms with Crippen molar-refractivity contribution in [1.29, 1.82) is 0 Å². The Balaban J connectivity index is 0.00000112. The first-order chi connectivity index (χ1) is 6.88. The minimum atomic E-state index is 0. The lowest BCUT2D eigenvalue weighted by Crippen LogP contribution is -1.99. The third-order valence-corrected chi connectivity index (χ3v) is 3.93. The minimum absolute atomic E-state index is 0. The molecule has 0 spiro atoms.